The highest BCUT2D eigenvalue weighted by molar-refractivity contribution is 6.61. The number of hydrogen-bond acceptors (Lipinski definition) is 3. The Labute approximate surface area is 132 Å². The lowest BCUT2D eigenvalue weighted by Crippen LogP contribution is -2.41. The molecule has 0 unspecified atom stereocenters. The predicted octanol–water partition coefficient (Wildman–Crippen LogP) is 3.36. The summed E-state index contributed by atoms with van der Waals surface area (Å²) in [6.45, 7) is 10.3. The SMILES string of the molecule is Cc1ccccc1-c1ccc(B2OC(C)(C)C(C)(C)O2)nc1. The average Bonchev–Trinajstić information content (AvgIpc) is 2.68. The van der Waals surface area contributed by atoms with Gasteiger partial charge in [-0.15, -0.1) is 0 Å². The Morgan fingerprint density at radius 3 is 2.09 bits per heavy atom. The van der Waals surface area contributed by atoms with Crippen molar-refractivity contribution < 1.29 is 9.31 Å². The van der Waals surface area contributed by atoms with Crippen molar-refractivity contribution in [1.82, 2.24) is 4.98 Å². The maximum atomic E-state index is 6.03. The van der Waals surface area contributed by atoms with E-state index >= 15 is 0 Å². The maximum Gasteiger partial charge on any atom is 0.514 e. The summed E-state index contributed by atoms with van der Waals surface area (Å²) >= 11 is 0. The van der Waals surface area contributed by atoms with Crippen LogP contribution in [0.3, 0.4) is 0 Å². The van der Waals surface area contributed by atoms with E-state index in [2.05, 4.69) is 57.8 Å². The molecule has 1 aliphatic rings. The van der Waals surface area contributed by atoms with Crippen LogP contribution in [0.4, 0.5) is 0 Å². The van der Waals surface area contributed by atoms with Gasteiger partial charge in [-0.3, -0.25) is 4.98 Å². The third kappa shape index (κ3) is 2.57. The summed E-state index contributed by atoms with van der Waals surface area (Å²) in [6.07, 6.45) is 1.89. The van der Waals surface area contributed by atoms with E-state index in [9.17, 15) is 0 Å². The lowest BCUT2D eigenvalue weighted by atomic mass is 9.84. The van der Waals surface area contributed by atoms with Crippen LogP contribution in [0.1, 0.15) is 33.3 Å². The highest BCUT2D eigenvalue weighted by Crippen LogP contribution is 2.36. The summed E-state index contributed by atoms with van der Waals surface area (Å²) in [6, 6.07) is 12.4. The molecule has 114 valence electrons. The minimum atomic E-state index is -0.407. The van der Waals surface area contributed by atoms with Crippen molar-refractivity contribution in [2.24, 2.45) is 0 Å². The van der Waals surface area contributed by atoms with Crippen molar-refractivity contribution in [3.8, 4) is 11.1 Å². The Morgan fingerprint density at radius 2 is 1.55 bits per heavy atom. The molecular formula is C18H22BNO2. The zero-order chi connectivity index (χ0) is 16.0. The van der Waals surface area contributed by atoms with E-state index in [4.69, 9.17) is 9.31 Å². The predicted molar refractivity (Wildman–Crippen MR) is 90.1 cm³/mol. The van der Waals surface area contributed by atoms with Gasteiger partial charge in [0.25, 0.3) is 0 Å². The van der Waals surface area contributed by atoms with E-state index in [0.717, 1.165) is 11.2 Å². The molecule has 0 atom stereocenters. The summed E-state index contributed by atoms with van der Waals surface area (Å²) in [4.78, 5) is 4.56. The van der Waals surface area contributed by atoms with Crippen molar-refractivity contribution in [3.63, 3.8) is 0 Å². The molecule has 0 radical (unpaired) electrons. The Bertz CT molecular complexity index is 664. The van der Waals surface area contributed by atoms with Gasteiger partial charge in [-0.2, -0.15) is 0 Å². The molecule has 2 heterocycles. The Kier molecular flexibility index (Phi) is 3.62. The summed E-state index contributed by atoms with van der Waals surface area (Å²) in [5, 5.41) is 0. The highest BCUT2D eigenvalue weighted by Gasteiger charge is 2.52. The van der Waals surface area contributed by atoms with Crippen LogP contribution >= 0.6 is 0 Å². The first-order chi connectivity index (χ1) is 10.3. The fourth-order valence-electron chi connectivity index (χ4n) is 2.56. The van der Waals surface area contributed by atoms with Crippen molar-refractivity contribution in [2.45, 2.75) is 45.8 Å². The van der Waals surface area contributed by atoms with Crippen LogP contribution in [-0.2, 0) is 9.31 Å². The van der Waals surface area contributed by atoms with E-state index in [-0.39, 0.29) is 11.2 Å². The monoisotopic (exact) mass is 295 g/mol. The minimum absolute atomic E-state index is 0.339. The summed E-state index contributed by atoms with van der Waals surface area (Å²) in [5.74, 6) is 0. The third-order valence-electron chi connectivity index (χ3n) is 4.74. The number of nitrogens with zero attached hydrogens (tertiary/aromatic N) is 1. The van der Waals surface area contributed by atoms with E-state index in [1.807, 2.05) is 24.4 Å². The minimum Gasteiger partial charge on any atom is -0.398 e. The van der Waals surface area contributed by atoms with Gasteiger partial charge in [0.1, 0.15) is 0 Å². The lowest BCUT2D eigenvalue weighted by Gasteiger charge is -2.32. The van der Waals surface area contributed by atoms with Crippen molar-refractivity contribution >= 4 is 12.7 Å². The number of aryl methyl sites for hydroxylation is 1. The largest absolute Gasteiger partial charge is 0.514 e. The molecule has 0 amide bonds. The molecule has 0 saturated carbocycles. The molecule has 1 aromatic carbocycles. The molecule has 1 aromatic heterocycles. The molecule has 0 aliphatic carbocycles. The van der Waals surface area contributed by atoms with Gasteiger partial charge in [0.05, 0.1) is 16.8 Å². The van der Waals surface area contributed by atoms with Gasteiger partial charge in [0.2, 0.25) is 0 Å². The van der Waals surface area contributed by atoms with E-state index < -0.39 is 7.12 Å². The molecule has 1 fully saturated rings. The van der Waals surface area contributed by atoms with Gasteiger partial charge >= 0.3 is 7.12 Å². The maximum absolute atomic E-state index is 6.03. The van der Waals surface area contributed by atoms with Crippen LogP contribution in [-0.4, -0.2) is 23.3 Å². The molecular weight excluding hydrogens is 273 g/mol. The van der Waals surface area contributed by atoms with Gasteiger partial charge in [0.15, 0.2) is 0 Å². The zero-order valence-corrected chi connectivity index (χ0v) is 13.9. The number of benzene rings is 1. The first-order valence-electron chi connectivity index (χ1n) is 7.68. The van der Waals surface area contributed by atoms with Gasteiger partial charge in [-0.25, -0.2) is 0 Å². The molecule has 0 spiro atoms. The fourth-order valence-corrected chi connectivity index (χ4v) is 2.56. The second-order valence-electron chi connectivity index (χ2n) is 6.87. The van der Waals surface area contributed by atoms with Crippen molar-refractivity contribution in [1.29, 1.82) is 0 Å². The van der Waals surface area contributed by atoms with Crippen LogP contribution in [0.5, 0.6) is 0 Å². The van der Waals surface area contributed by atoms with Crippen LogP contribution in [0.15, 0.2) is 42.6 Å². The summed E-state index contributed by atoms with van der Waals surface area (Å²) in [7, 11) is -0.407. The smallest absolute Gasteiger partial charge is 0.398 e. The Hall–Kier alpha value is -1.65. The molecule has 0 N–H and O–H groups in total. The highest BCUT2D eigenvalue weighted by atomic mass is 16.7. The van der Waals surface area contributed by atoms with Gasteiger partial charge < -0.3 is 9.31 Å². The Balaban J connectivity index is 1.86. The van der Waals surface area contributed by atoms with E-state index in [1.54, 1.807) is 0 Å². The lowest BCUT2D eigenvalue weighted by molar-refractivity contribution is 0.00578. The second-order valence-corrected chi connectivity index (χ2v) is 6.87. The number of rotatable bonds is 2. The normalized spacial score (nSPS) is 19.4. The standard InChI is InChI=1S/C18H22BNO2/c1-13-8-6-7-9-15(13)14-10-11-16(20-12-14)19-21-17(2,3)18(4,5)22-19/h6-12H,1-5H3. The van der Waals surface area contributed by atoms with Gasteiger partial charge in [-0.05, 0) is 51.8 Å². The molecule has 3 nitrogen and oxygen atoms in total. The molecule has 22 heavy (non-hydrogen) atoms. The number of hydrogen-bond donors (Lipinski definition) is 0. The van der Waals surface area contributed by atoms with Crippen molar-refractivity contribution in [2.75, 3.05) is 0 Å². The fraction of sp³-hybridized carbons (Fsp3) is 0.389. The quantitative estimate of drug-likeness (QED) is 0.796. The third-order valence-corrected chi connectivity index (χ3v) is 4.74. The second kappa shape index (κ2) is 5.22. The molecule has 1 saturated heterocycles. The topological polar surface area (TPSA) is 31.4 Å². The number of pyridine rings is 1. The molecule has 1 aliphatic heterocycles. The molecule has 2 aromatic rings. The van der Waals surface area contributed by atoms with Crippen LogP contribution in [0.25, 0.3) is 11.1 Å². The van der Waals surface area contributed by atoms with Crippen LogP contribution in [0.2, 0.25) is 0 Å². The van der Waals surface area contributed by atoms with Gasteiger partial charge in [-0.1, -0.05) is 30.3 Å². The van der Waals surface area contributed by atoms with Gasteiger partial charge in [0, 0.05) is 11.8 Å². The van der Waals surface area contributed by atoms with E-state index in [1.165, 1.54) is 11.1 Å². The number of aromatic nitrogens is 1. The average molecular weight is 295 g/mol. The molecule has 4 heteroatoms. The molecule has 3 rings (SSSR count). The molecule has 0 bridgehead atoms. The van der Waals surface area contributed by atoms with E-state index in [0.29, 0.717) is 0 Å². The first-order valence-corrected chi connectivity index (χ1v) is 7.68. The van der Waals surface area contributed by atoms with Crippen LogP contribution < -0.4 is 5.59 Å². The first kappa shape index (κ1) is 15.3. The zero-order valence-electron chi connectivity index (χ0n) is 13.9. The summed E-state index contributed by atoms with van der Waals surface area (Å²) < 4.78 is 12.1. The summed E-state index contributed by atoms with van der Waals surface area (Å²) in [5.41, 5.74) is 3.69. The Morgan fingerprint density at radius 1 is 0.909 bits per heavy atom. The van der Waals surface area contributed by atoms with Crippen molar-refractivity contribution in [3.05, 3.63) is 48.2 Å². The van der Waals surface area contributed by atoms with Crippen LogP contribution in [0, 0.1) is 6.92 Å².